The van der Waals surface area contributed by atoms with Gasteiger partial charge >= 0.3 is 0 Å². The summed E-state index contributed by atoms with van der Waals surface area (Å²) in [6.45, 7) is 1.75. The van der Waals surface area contributed by atoms with Crippen LogP contribution in [0.4, 0.5) is 0 Å². The Morgan fingerprint density at radius 3 is 2.12 bits per heavy atom. The highest BCUT2D eigenvalue weighted by Crippen LogP contribution is 2.59. The molecule has 0 aromatic heterocycles. The zero-order valence-electron chi connectivity index (χ0n) is 10.1. The van der Waals surface area contributed by atoms with E-state index in [1.807, 2.05) is 0 Å². The summed E-state index contributed by atoms with van der Waals surface area (Å²) in [6, 6.07) is 0. The second-order valence-electron chi connectivity index (χ2n) is 6.42. The molecule has 4 aliphatic carbocycles. The molecular formula is C15H22O. The molecule has 0 N–H and O–H groups in total. The molecular weight excluding hydrogens is 196 g/mol. The van der Waals surface area contributed by atoms with Gasteiger partial charge in [-0.05, 0) is 61.7 Å². The lowest BCUT2D eigenvalue weighted by Gasteiger charge is -2.56. The van der Waals surface area contributed by atoms with E-state index in [9.17, 15) is 0 Å². The number of terminal acetylenes is 1. The van der Waals surface area contributed by atoms with Gasteiger partial charge in [0.25, 0.3) is 0 Å². The molecule has 0 aromatic rings. The van der Waals surface area contributed by atoms with E-state index in [0.717, 1.165) is 37.4 Å². The first-order valence-corrected chi connectivity index (χ1v) is 6.81. The third-order valence-corrected chi connectivity index (χ3v) is 4.96. The molecule has 0 spiro atoms. The van der Waals surface area contributed by atoms with Crippen molar-refractivity contribution in [2.45, 2.75) is 44.9 Å². The van der Waals surface area contributed by atoms with Gasteiger partial charge in [-0.1, -0.05) is 0 Å². The molecule has 0 unspecified atom stereocenters. The lowest BCUT2D eigenvalue weighted by atomic mass is 9.50. The second-order valence-corrected chi connectivity index (χ2v) is 6.42. The minimum atomic E-state index is 0.559. The number of hydrogen-bond donors (Lipinski definition) is 0. The third-order valence-electron chi connectivity index (χ3n) is 4.96. The molecule has 1 heteroatoms. The Balaban J connectivity index is 1.59. The summed E-state index contributed by atoms with van der Waals surface area (Å²) in [5, 5.41) is 0. The van der Waals surface area contributed by atoms with E-state index in [2.05, 4.69) is 5.92 Å². The van der Waals surface area contributed by atoms with Crippen LogP contribution in [0.5, 0.6) is 0 Å². The van der Waals surface area contributed by atoms with Crippen LogP contribution in [0.1, 0.15) is 44.9 Å². The van der Waals surface area contributed by atoms with E-state index in [0.29, 0.717) is 5.41 Å². The van der Waals surface area contributed by atoms with Gasteiger partial charge < -0.3 is 4.74 Å². The molecule has 0 aromatic carbocycles. The lowest BCUT2D eigenvalue weighted by Crippen LogP contribution is -2.48. The maximum atomic E-state index is 5.82. The van der Waals surface area contributed by atoms with Gasteiger partial charge in [-0.3, -0.25) is 0 Å². The van der Waals surface area contributed by atoms with Crippen LogP contribution in [-0.4, -0.2) is 13.2 Å². The van der Waals surface area contributed by atoms with E-state index in [1.54, 1.807) is 0 Å². The molecule has 88 valence electrons. The van der Waals surface area contributed by atoms with Gasteiger partial charge in [0.15, 0.2) is 0 Å². The summed E-state index contributed by atoms with van der Waals surface area (Å²) in [5.74, 6) is 5.74. The monoisotopic (exact) mass is 218 g/mol. The van der Waals surface area contributed by atoms with Crippen LogP contribution in [0.2, 0.25) is 0 Å². The summed E-state index contributed by atoms with van der Waals surface area (Å²) in [4.78, 5) is 0. The standard InChI is InChI=1S/C15H22O/c1-2-3-4-16-11-15-8-12-5-13(9-15)7-14(6-12)10-15/h1,12-14H,3-11H2. The molecule has 0 heterocycles. The van der Waals surface area contributed by atoms with Crippen LogP contribution >= 0.6 is 0 Å². The van der Waals surface area contributed by atoms with Crippen molar-refractivity contribution in [2.24, 2.45) is 23.2 Å². The van der Waals surface area contributed by atoms with Crippen LogP contribution < -0.4 is 0 Å². The van der Waals surface area contributed by atoms with Gasteiger partial charge in [-0.15, -0.1) is 12.3 Å². The van der Waals surface area contributed by atoms with Gasteiger partial charge in [0.05, 0.1) is 13.2 Å². The Morgan fingerprint density at radius 1 is 1.06 bits per heavy atom. The van der Waals surface area contributed by atoms with Crippen molar-refractivity contribution < 1.29 is 4.74 Å². The largest absolute Gasteiger partial charge is 0.380 e. The highest BCUT2D eigenvalue weighted by Gasteiger charge is 2.50. The predicted octanol–water partition coefficient (Wildman–Crippen LogP) is 3.24. The van der Waals surface area contributed by atoms with Gasteiger partial charge in [0, 0.05) is 6.42 Å². The zero-order valence-corrected chi connectivity index (χ0v) is 10.1. The molecule has 4 aliphatic rings. The van der Waals surface area contributed by atoms with E-state index in [4.69, 9.17) is 11.2 Å². The van der Waals surface area contributed by atoms with Crippen molar-refractivity contribution >= 4 is 0 Å². The second kappa shape index (κ2) is 4.08. The molecule has 4 saturated carbocycles. The normalized spacial score (nSPS) is 44.6. The minimum absolute atomic E-state index is 0.559. The fourth-order valence-corrected chi connectivity index (χ4v) is 4.89. The molecule has 16 heavy (non-hydrogen) atoms. The summed E-state index contributed by atoms with van der Waals surface area (Å²) >= 11 is 0. The first-order valence-electron chi connectivity index (χ1n) is 6.81. The fraction of sp³-hybridized carbons (Fsp3) is 0.867. The van der Waals surface area contributed by atoms with Crippen LogP contribution in [0, 0.1) is 35.5 Å². The van der Waals surface area contributed by atoms with Crippen molar-refractivity contribution in [3.05, 3.63) is 0 Å². The first-order chi connectivity index (χ1) is 7.80. The average molecular weight is 218 g/mol. The van der Waals surface area contributed by atoms with Crippen LogP contribution in [-0.2, 0) is 4.74 Å². The zero-order chi connectivity index (χ0) is 11.0. The lowest BCUT2D eigenvalue weighted by molar-refractivity contribution is -0.0956. The Kier molecular flexibility index (Phi) is 2.72. The van der Waals surface area contributed by atoms with Crippen molar-refractivity contribution in [1.82, 2.24) is 0 Å². The van der Waals surface area contributed by atoms with Crippen LogP contribution in [0.15, 0.2) is 0 Å². The van der Waals surface area contributed by atoms with Gasteiger partial charge in [-0.25, -0.2) is 0 Å². The van der Waals surface area contributed by atoms with Crippen LogP contribution in [0.3, 0.4) is 0 Å². The summed E-state index contributed by atoms with van der Waals surface area (Å²) < 4.78 is 5.82. The Morgan fingerprint density at radius 2 is 1.62 bits per heavy atom. The van der Waals surface area contributed by atoms with E-state index in [1.165, 1.54) is 38.5 Å². The van der Waals surface area contributed by atoms with Crippen LogP contribution in [0.25, 0.3) is 0 Å². The van der Waals surface area contributed by atoms with Crippen molar-refractivity contribution in [3.63, 3.8) is 0 Å². The fourth-order valence-electron chi connectivity index (χ4n) is 4.89. The van der Waals surface area contributed by atoms with E-state index < -0.39 is 0 Å². The molecule has 0 aliphatic heterocycles. The highest BCUT2D eigenvalue weighted by molar-refractivity contribution is 5.01. The smallest absolute Gasteiger partial charge is 0.0575 e. The molecule has 4 rings (SSSR count). The highest BCUT2D eigenvalue weighted by atomic mass is 16.5. The Hall–Kier alpha value is -0.480. The molecule has 0 amide bonds. The number of rotatable bonds is 4. The average Bonchev–Trinajstić information content (AvgIpc) is 2.22. The van der Waals surface area contributed by atoms with E-state index in [-0.39, 0.29) is 0 Å². The molecule has 4 fully saturated rings. The number of ether oxygens (including phenoxy) is 1. The molecule has 1 nitrogen and oxygen atoms in total. The van der Waals surface area contributed by atoms with Crippen molar-refractivity contribution in [3.8, 4) is 12.3 Å². The topological polar surface area (TPSA) is 9.23 Å². The van der Waals surface area contributed by atoms with Gasteiger partial charge in [-0.2, -0.15) is 0 Å². The Bertz CT molecular complexity index is 264. The van der Waals surface area contributed by atoms with Crippen molar-refractivity contribution in [2.75, 3.05) is 13.2 Å². The maximum Gasteiger partial charge on any atom is 0.0575 e. The molecule has 0 atom stereocenters. The predicted molar refractivity (Wildman–Crippen MR) is 64.9 cm³/mol. The van der Waals surface area contributed by atoms with Gasteiger partial charge in [0.2, 0.25) is 0 Å². The first kappa shape index (κ1) is 10.7. The molecule has 0 saturated heterocycles. The number of hydrogen-bond acceptors (Lipinski definition) is 1. The maximum absolute atomic E-state index is 5.82. The minimum Gasteiger partial charge on any atom is -0.380 e. The summed E-state index contributed by atoms with van der Waals surface area (Å²) in [6.07, 6.45) is 14.9. The van der Waals surface area contributed by atoms with Crippen molar-refractivity contribution in [1.29, 1.82) is 0 Å². The van der Waals surface area contributed by atoms with Gasteiger partial charge in [0.1, 0.15) is 0 Å². The molecule has 4 bridgehead atoms. The summed E-state index contributed by atoms with van der Waals surface area (Å²) in [5.41, 5.74) is 0.559. The van der Waals surface area contributed by atoms with E-state index >= 15 is 0 Å². The molecule has 0 radical (unpaired) electrons. The SMILES string of the molecule is C#CCCOCC12CC3CC(CC(C3)C1)C2. The third kappa shape index (κ3) is 1.89. The summed E-state index contributed by atoms with van der Waals surface area (Å²) in [7, 11) is 0. The Labute approximate surface area is 98.9 Å². The quantitative estimate of drug-likeness (QED) is 0.520.